The fraction of sp³-hybridized carbons (Fsp3) is 0.200. The first-order chi connectivity index (χ1) is 8.16. The molecule has 0 aliphatic rings. The first kappa shape index (κ1) is 11.1. The number of hydrogen-bond donors (Lipinski definition) is 2. The van der Waals surface area contributed by atoms with Gasteiger partial charge in [-0.2, -0.15) is 5.10 Å². The van der Waals surface area contributed by atoms with E-state index in [2.05, 4.69) is 20.2 Å². The Labute approximate surface area is 97.1 Å². The number of aromatic amines is 1. The molecule has 17 heavy (non-hydrogen) atoms. The van der Waals surface area contributed by atoms with Crippen molar-refractivity contribution >= 4 is 11.9 Å². The number of carboxylic acids is 1. The number of nitrogens with one attached hydrogen (secondary N) is 1. The predicted octanol–water partition coefficient (Wildman–Crippen LogP) is 0.534. The molecule has 2 aromatic rings. The molecule has 0 unspecified atom stereocenters. The van der Waals surface area contributed by atoms with Gasteiger partial charge in [0.15, 0.2) is 5.69 Å². The van der Waals surface area contributed by atoms with Gasteiger partial charge in [-0.1, -0.05) is 0 Å². The number of nitrogens with zero attached hydrogens (tertiary/aromatic N) is 4. The fourth-order valence-corrected chi connectivity index (χ4v) is 1.35. The van der Waals surface area contributed by atoms with Gasteiger partial charge in [0.25, 0.3) is 0 Å². The molecule has 0 spiro atoms. The SMILES string of the molecule is CN(Cc1ccn[nH]1)c1nccc(C(=O)O)n1. The highest BCUT2D eigenvalue weighted by molar-refractivity contribution is 5.85. The van der Waals surface area contributed by atoms with Gasteiger partial charge in [-0.3, -0.25) is 5.10 Å². The summed E-state index contributed by atoms with van der Waals surface area (Å²) in [5, 5.41) is 15.5. The van der Waals surface area contributed by atoms with Gasteiger partial charge in [0.05, 0.1) is 12.2 Å². The van der Waals surface area contributed by atoms with Crippen LogP contribution in [-0.2, 0) is 6.54 Å². The van der Waals surface area contributed by atoms with Gasteiger partial charge in [0.2, 0.25) is 5.95 Å². The molecule has 2 rings (SSSR count). The van der Waals surface area contributed by atoms with E-state index in [1.54, 1.807) is 18.1 Å². The van der Waals surface area contributed by atoms with Gasteiger partial charge in [0.1, 0.15) is 0 Å². The van der Waals surface area contributed by atoms with E-state index >= 15 is 0 Å². The molecule has 0 bridgehead atoms. The van der Waals surface area contributed by atoms with E-state index in [0.717, 1.165) is 5.69 Å². The van der Waals surface area contributed by atoms with Gasteiger partial charge in [-0.15, -0.1) is 0 Å². The topological polar surface area (TPSA) is 95.0 Å². The van der Waals surface area contributed by atoms with E-state index < -0.39 is 5.97 Å². The molecule has 7 heteroatoms. The molecule has 0 atom stereocenters. The summed E-state index contributed by atoms with van der Waals surface area (Å²) in [6.45, 7) is 0.531. The minimum Gasteiger partial charge on any atom is -0.477 e. The third-order valence-corrected chi connectivity index (χ3v) is 2.17. The quantitative estimate of drug-likeness (QED) is 0.800. The van der Waals surface area contributed by atoms with Gasteiger partial charge in [0, 0.05) is 19.4 Å². The molecule has 0 radical (unpaired) electrons. The van der Waals surface area contributed by atoms with Crippen molar-refractivity contribution in [3.63, 3.8) is 0 Å². The van der Waals surface area contributed by atoms with Crippen molar-refractivity contribution in [2.45, 2.75) is 6.54 Å². The standard InChI is InChI=1S/C10H11N5O2/c1-15(6-7-2-5-12-14-7)10-11-4-3-8(13-10)9(16)17/h2-5H,6H2,1H3,(H,12,14)(H,16,17). The maximum atomic E-state index is 10.8. The third kappa shape index (κ3) is 2.57. The van der Waals surface area contributed by atoms with Crippen molar-refractivity contribution < 1.29 is 9.90 Å². The van der Waals surface area contributed by atoms with Crippen LogP contribution in [0.4, 0.5) is 5.95 Å². The molecular weight excluding hydrogens is 222 g/mol. The first-order valence-electron chi connectivity index (χ1n) is 4.92. The Hall–Kier alpha value is -2.44. The van der Waals surface area contributed by atoms with E-state index in [4.69, 9.17) is 5.11 Å². The Balaban J connectivity index is 2.16. The highest BCUT2D eigenvalue weighted by atomic mass is 16.4. The Morgan fingerprint density at radius 1 is 1.47 bits per heavy atom. The normalized spacial score (nSPS) is 10.2. The Morgan fingerprint density at radius 2 is 2.29 bits per heavy atom. The summed E-state index contributed by atoms with van der Waals surface area (Å²) in [7, 11) is 1.78. The summed E-state index contributed by atoms with van der Waals surface area (Å²) < 4.78 is 0. The Bertz CT molecular complexity index is 511. The van der Waals surface area contributed by atoms with Gasteiger partial charge >= 0.3 is 5.97 Å². The lowest BCUT2D eigenvalue weighted by atomic mass is 10.4. The summed E-state index contributed by atoms with van der Waals surface area (Å²) in [6.07, 6.45) is 3.08. The average Bonchev–Trinajstić information content (AvgIpc) is 2.82. The summed E-state index contributed by atoms with van der Waals surface area (Å²) in [4.78, 5) is 20.5. The summed E-state index contributed by atoms with van der Waals surface area (Å²) in [5.41, 5.74) is 0.878. The van der Waals surface area contributed by atoms with Crippen molar-refractivity contribution in [1.82, 2.24) is 20.2 Å². The number of carboxylic acid groups (broad SMARTS) is 1. The fourth-order valence-electron chi connectivity index (χ4n) is 1.35. The first-order valence-corrected chi connectivity index (χ1v) is 4.92. The maximum absolute atomic E-state index is 10.8. The zero-order valence-corrected chi connectivity index (χ0v) is 9.16. The number of hydrogen-bond acceptors (Lipinski definition) is 5. The van der Waals surface area contributed by atoms with Crippen LogP contribution in [-0.4, -0.2) is 38.3 Å². The van der Waals surface area contributed by atoms with Crippen molar-refractivity contribution in [2.24, 2.45) is 0 Å². The third-order valence-electron chi connectivity index (χ3n) is 2.17. The molecule has 0 aliphatic heterocycles. The van der Waals surface area contributed by atoms with Crippen LogP contribution in [0.5, 0.6) is 0 Å². The molecule has 2 aromatic heterocycles. The average molecular weight is 233 g/mol. The van der Waals surface area contributed by atoms with Crippen LogP contribution in [0.1, 0.15) is 16.2 Å². The molecular formula is C10H11N5O2. The smallest absolute Gasteiger partial charge is 0.354 e. The van der Waals surface area contributed by atoms with Crippen LogP contribution in [0, 0.1) is 0 Å². The van der Waals surface area contributed by atoms with E-state index in [0.29, 0.717) is 12.5 Å². The number of aromatic carboxylic acids is 1. The molecule has 0 aliphatic carbocycles. The van der Waals surface area contributed by atoms with Gasteiger partial charge in [-0.25, -0.2) is 14.8 Å². The number of H-pyrrole nitrogens is 1. The van der Waals surface area contributed by atoms with Gasteiger partial charge < -0.3 is 10.0 Å². The lowest BCUT2D eigenvalue weighted by molar-refractivity contribution is 0.0690. The molecule has 0 aromatic carbocycles. The second-order valence-electron chi connectivity index (χ2n) is 3.48. The minimum atomic E-state index is -1.07. The molecule has 0 fully saturated rings. The van der Waals surface area contributed by atoms with Crippen LogP contribution in [0.3, 0.4) is 0 Å². The second-order valence-corrected chi connectivity index (χ2v) is 3.48. The summed E-state index contributed by atoms with van der Waals surface area (Å²) in [5.74, 6) is -0.705. The van der Waals surface area contributed by atoms with Crippen LogP contribution < -0.4 is 4.90 Å². The lowest BCUT2D eigenvalue weighted by Gasteiger charge is -2.15. The minimum absolute atomic E-state index is 0.0218. The molecule has 88 valence electrons. The monoisotopic (exact) mass is 233 g/mol. The lowest BCUT2D eigenvalue weighted by Crippen LogP contribution is -2.20. The van der Waals surface area contributed by atoms with E-state index in [1.165, 1.54) is 12.3 Å². The molecule has 0 saturated carbocycles. The highest BCUT2D eigenvalue weighted by Crippen LogP contribution is 2.08. The second kappa shape index (κ2) is 4.60. The van der Waals surface area contributed by atoms with Crippen molar-refractivity contribution in [1.29, 1.82) is 0 Å². The number of rotatable bonds is 4. The molecule has 0 saturated heterocycles. The maximum Gasteiger partial charge on any atom is 0.354 e. The van der Waals surface area contributed by atoms with Gasteiger partial charge in [-0.05, 0) is 12.1 Å². The van der Waals surface area contributed by atoms with Crippen molar-refractivity contribution in [2.75, 3.05) is 11.9 Å². The number of anilines is 1. The Morgan fingerprint density at radius 3 is 2.94 bits per heavy atom. The Kier molecular flexibility index (Phi) is 2.99. The summed E-state index contributed by atoms with van der Waals surface area (Å²) in [6, 6.07) is 3.19. The van der Waals surface area contributed by atoms with Crippen LogP contribution in [0.25, 0.3) is 0 Å². The number of carbonyl (C=O) groups is 1. The van der Waals surface area contributed by atoms with E-state index in [1.807, 2.05) is 6.07 Å². The van der Waals surface area contributed by atoms with Crippen molar-refractivity contribution in [3.8, 4) is 0 Å². The summed E-state index contributed by atoms with van der Waals surface area (Å²) >= 11 is 0. The van der Waals surface area contributed by atoms with Crippen LogP contribution in [0.2, 0.25) is 0 Å². The predicted molar refractivity (Wildman–Crippen MR) is 59.7 cm³/mol. The van der Waals surface area contributed by atoms with Crippen LogP contribution >= 0.6 is 0 Å². The molecule has 7 nitrogen and oxygen atoms in total. The molecule has 0 amide bonds. The van der Waals surface area contributed by atoms with E-state index in [-0.39, 0.29) is 5.69 Å². The zero-order chi connectivity index (χ0) is 12.3. The molecule has 2 N–H and O–H groups in total. The van der Waals surface area contributed by atoms with E-state index in [9.17, 15) is 4.79 Å². The van der Waals surface area contributed by atoms with Crippen molar-refractivity contribution in [3.05, 3.63) is 35.9 Å². The number of aromatic nitrogens is 4. The largest absolute Gasteiger partial charge is 0.477 e. The molecule has 2 heterocycles. The highest BCUT2D eigenvalue weighted by Gasteiger charge is 2.10. The van der Waals surface area contributed by atoms with Crippen LogP contribution in [0.15, 0.2) is 24.5 Å². The zero-order valence-electron chi connectivity index (χ0n) is 9.16.